The van der Waals surface area contributed by atoms with E-state index in [2.05, 4.69) is 0 Å². The molecule has 1 nitrogen and oxygen atoms in total. The Balaban J connectivity index is 2.10. The maximum Gasteiger partial charge on any atom is 0.460 e. The van der Waals surface area contributed by atoms with Gasteiger partial charge in [0.2, 0.25) is 0 Å². The van der Waals surface area contributed by atoms with Crippen molar-refractivity contribution in [1.29, 1.82) is 0 Å². The molecule has 0 N–H and O–H groups in total. The summed E-state index contributed by atoms with van der Waals surface area (Å²) in [5, 5.41) is 1.30. The molecule has 0 bridgehead atoms. The van der Waals surface area contributed by atoms with Gasteiger partial charge in [-0.2, -0.15) is 57.1 Å². The standard InChI is InChI=1S/C15H3F13OS2/c16-10(17,6-3-5-7(29)4-1-2-30-8(4)9(5)31-6)11(18,19)12(20,21)13(22,23)14(24,25)15(26,27)28/h1-3H. The molecule has 172 valence electrons. The van der Waals surface area contributed by atoms with Gasteiger partial charge in [-0.05, 0) is 17.5 Å². The molecule has 0 fully saturated rings. The normalized spacial score (nSPS) is 16.0. The SMILES string of the molecule is O=C1c2ccsc2-c2sc(C(F)(F)C(F)(F)C(F)(F)C(F)(F)C(F)(F)C(F)(F)F)cc21. The molecule has 2 heterocycles. The van der Waals surface area contributed by atoms with Crippen LogP contribution in [0.3, 0.4) is 0 Å². The lowest BCUT2D eigenvalue weighted by Gasteiger charge is -2.39. The van der Waals surface area contributed by atoms with Gasteiger partial charge in [-0.1, -0.05) is 0 Å². The molecule has 16 heteroatoms. The minimum Gasteiger partial charge on any atom is -0.289 e. The van der Waals surface area contributed by atoms with Crippen molar-refractivity contribution in [1.82, 2.24) is 0 Å². The fourth-order valence-corrected chi connectivity index (χ4v) is 4.85. The van der Waals surface area contributed by atoms with E-state index in [1.54, 1.807) is 0 Å². The number of halogens is 13. The van der Waals surface area contributed by atoms with E-state index >= 15 is 0 Å². The van der Waals surface area contributed by atoms with Crippen LogP contribution in [0.2, 0.25) is 0 Å². The lowest BCUT2D eigenvalue weighted by Crippen LogP contribution is -2.69. The minimum absolute atomic E-state index is 0.0148. The Hall–Kier alpha value is -1.84. The molecule has 3 rings (SSSR count). The largest absolute Gasteiger partial charge is 0.460 e. The fraction of sp³-hybridized carbons (Fsp3) is 0.400. The lowest BCUT2D eigenvalue weighted by atomic mass is 9.93. The molecule has 0 radical (unpaired) electrons. The Morgan fingerprint density at radius 3 is 1.68 bits per heavy atom. The van der Waals surface area contributed by atoms with Crippen LogP contribution in [-0.4, -0.2) is 35.6 Å². The summed E-state index contributed by atoms with van der Waals surface area (Å²) in [6, 6.07) is 1.22. The Labute approximate surface area is 170 Å². The lowest BCUT2D eigenvalue weighted by molar-refractivity contribution is -0.441. The molecule has 0 atom stereocenters. The van der Waals surface area contributed by atoms with Crippen molar-refractivity contribution in [2.45, 2.75) is 35.8 Å². The zero-order chi connectivity index (χ0) is 24.0. The number of ketones is 1. The second kappa shape index (κ2) is 6.36. The van der Waals surface area contributed by atoms with Gasteiger partial charge in [-0.3, -0.25) is 4.79 Å². The molecule has 1 aliphatic rings. The van der Waals surface area contributed by atoms with Crippen LogP contribution in [0.5, 0.6) is 0 Å². The average Bonchev–Trinajstić information content (AvgIpc) is 3.29. The van der Waals surface area contributed by atoms with Crippen LogP contribution >= 0.6 is 22.7 Å². The molecule has 0 aliphatic heterocycles. The van der Waals surface area contributed by atoms with Gasteiger partial charge in [0.05, 0.1) is 14.6 Å². The first kappa shape index (κ1) is 23.8. The molecule has 0 aromatic carbocycles. The number of alkyl halides is 13. The van der Waals surface area contributed by atoms with Gasteiger partial charge in [0.1, 0.15) is 0 Å². The summed E-state index contributed by atoms with van der Waals surface area (Å²) in [4.78, 5) is 9.52. The molecule has 0 spiro atoms. The molecular formula is C15H3F13OS2. The van der Waals surface area contributed by atoms with Gasteiger partial charge in [-0.15, -0.1) is 22.7 Å². The predicted molar refractivity (Wildman–Crippen MR) is 80.8 cm³/mol. The summed E-state index contributed by atoms with van der Waals surface area (Å²) < 4.78 is 172. The van der Waals surface area contributed by atoms with Gasteiger partial charge < -0.3 is 0 Å². The highest BCUT2D eigenvalue weighted by atomic mass is 32.1. The highest BCUT2D eigenvalue weighted by Gasteiger charge is 2.91. The highest BCUT2D eigenvalue weighted by Crippen LogP contribution is 2.63. The van der Waals surface area contributed by atoms with Crippen LogP contribution in [0, 0.1) is 0 Å². The summed E-state index contributed by atoms with van der Waals surface area (Å²) >= 11 is 0.389. The zero-order valence-corrected chi connectivity index (χ0v) is 15.5. The van der Waals surface area contributed by atoms with Gasteiger partial charge in [0.25, 0.3) is 0 Å². The number of fused-ring (bicyclic) bond motifs is 3. The zero-order valence-electron chi connectivity index (χ0n) is 13.9. The van der Waals surface area contributed by atoms with Crippen LogP contribution in [0.4, 0.5) is 57.1 Å². The number of carbonyl (C=O) groups excluding carboxylic acids is 1. The van der Waals surface area contributed by atoms with E-state index in [4.69, 9.17) is 0 Å². The topological polar surface area (TPSA) is 17.1 Å². The second-order valence-corrected chi connectivity index (χ2v) is 8.18. The highest BCUT2D eigenvalue weighted by molar-refractivity contribution is 7.22. The maximum atomic E-state index is 14.2. The Kier molecular flexibility index (Phi) is 4.88. The molecule has 1 aliphatic carbocycles. The predicted octanol–water partition coefficient (Wildman–Crippen LogP) is 7.22. The van der Waals surface area contributed by atoms with Gasteiger partial charge in [0.15, 0.2) is 5.78 Å². The third-order valence-electron chi connectivity index (χ3n) is 4.34. The van der Waals surface area contributed by atoms with E-state index in [1.165, 1.54) is 11.4 Å². The van der Waals surface area contributed by atoms with Crippen molar-refractivity contribution < 1.29 is 61.9 Å². The Morgan fingerprint density at radius 2 is 1.16 bits per heavy atom. The van der Waals surface area contributed by atoms with E-state index in [1.807, 2.05) is 0 Å². The van der Waals surface area contributed by atoms with E-state index in [0.29, 0.717) is 0 Å². The number of hydrogen-bond acceptors (Lipinski definition) is 3. The average molecular weight is 510 g/mol. The number of hydrogen-bond donors (Lipinski definition) is 0. The van der Waals surface area contributed by atoms with Crippen molar-refractivity contribution >= 4 is 28.5 Å². The number of rotatable bonds is 5. The van der Waals surface area contributed by atoms with Gasteiger partial charge >= 0.3 is 35.8 Å². The van der Waals surface area contributed by atoms with Crippen LogP contribution in [-0.2, 0) is 5.92 Å². The minimum atomic E-state index is -7.96. The van der Waals surface area contributed by atoms with Crippen LogP contribution in [0.1, 0.15) is 20.8 Å². The number of carbonyl (C=O) groups is 1. The first-order valence-electron chi connectivity index (χ1n) is 7.46. The van der Waals surface area contributed by atoms with Crippen LogP contribution in [0.15, 0.2) is 17.5 Å². The summed E-state index contributed by atoms with van der Waals surface area (Å²) in [6.07, 6.45) is -7.46. The number of thiophene rings is 2. The van der Waals surface area contributed by atoms with Crippen molar-refractivity contribution in [2.24, 2.45) is 0 Å². The van der Waals surface area contributed by atoms with E-state index in [0.717, 1.165) is 11.3 Å². The third-order valence-corrected chi connectivity index (χ3v) is 6.62. The molecule has 2 aromatic heterocycles. The smallest absolute Gasteiger partial charge is 0.289 e. The molecule has 0 amide bonds. The van der Waals surface area contributed by atoms with Crippen LogP contribution in [0.25, 0.3) is 9.75 Å². The molecular weight excluding hydrogens is 507 g/mol. The van der Waals surface area contributed by atoms with Crippen molar-refractivity contribution in [3.8, 4) is 9.75 Å². The summed E-state index contributed by atoms with van der Waals surface area (Å²) in [7, 11) is 0. The third kappa shape index (κ3) is 2.79. The molecule has 2 aromatic rings. The molecule has 0 unspecified atom stereocenters. The Bertz CT molecular complexity index is 1040. The van der Waals surface area contributed by atoms with E-state index < -0.39 is 56.9 Å². The second-order valence-electron chi connectivity index (χ2n) is 6.22. The van der Waals surface area contributed by atoms with E-state index in [9.17, 15) is 61.9 Å². The Morgan fingerprint density at radius 1 is 0.645 bits per heavy atom. The molecule has 31 heavy (non-hydrogen) atoms. The molecule has 0 saturated heterocycles. The fourth-order valence-electron chi connectivity index (χ4n) is 2.62. The summed E-state index contributed by atoms with van der Waals surface area (Å²) in [5.74, 6) is -38.3. The monoisotopic (exact) mass is 510 g/mol. The van der Waals surface area contributed by atoms with E-state index in [-0.39, 0.29) is 27.8 Å². The quantitative estimate of drug-likeness (QED) is 0.332. The van der Waals surface area contributed by atoms with Crippen molar-refractivity contribution in [2.75, 3.05) is 0 Å². The first-order valence-corrected chi connectivity index (χ1v) is 9.15. The first-order chi connectivity index (χ1) is 13.7. The summed E-state index contributed by atoms with van der Waals surface area (Å²) in [6.45, 7) is 0. The van der Waals surface area contributed by atoms with Gasteiger partial charge in [-0.25, -0.2) is 0 Å². The van der Waals surface area contributed by atoms with Crippen molar-refractivity contribution in [3.05, 3.63) is 33.5 Å². The van der Waals surface area contributed by atoms with Crippen molar-refractivity contribution in [3.63, 3.8) is 0 Å². The van der Waals surface area contributed by atoms with Crippen LogP contribution < -0.4 is 0 Å². The molecule has 0 saturated carbocycles. The van der Waals surface area contributed by atoms with Gasteiger partial charge in [0, 0.05) is 11.1 Å². The maximum absolute atomic E-state index is 14.2. The summed E-state index contributed by atoms with van der Waals surface area (Å²) in [5.41, 5.74) is -0.692.